The number of fused-ring (bicyclic) bond motifs is 8. The predicted octanol–water partition coefficient (Wildman–Crippen LogP) is 30.9. The molecule has 20 saturated carbocycles. The maximum Gasteiger partial charge on any atom is -0.0172 e. The molecular weight excluding hydrogens is 1090 g/mol. The van der Waals surface area contributed by atoms with E-state index in [1.807, 2.05) is 83.1 Å². The Hall–Kier alpha value is 0. The standard InChI is InChI=1S/C14H20.C14H26.2C13H24.C12H22.C11H20.6C2H6.2CH4/c1-5(2)13-7-10-8(13)12-9(13)11(7)14(10,12)6(3)4;1-11(2)13-5-8-14(9-6-13,10-7-13)12(3)4;1-10(2)12-5-7-13(9-12,8-6-12)11(3)4;1-10(2)12-6-5-7-13(8-12,9-12)11(3)4;1-9(2)11-5-6-12(7-11,8-11)10(3)4;1-8(2)10-5-11(6-10,7-10)9(3)4;6*1-2;;/h5-12H,1-4H3;11-12H,5-10H2,1-4H3;2*10-11H,5-9H2,1-4H3;9-10H,5-8H2,1-4H3;8-9H,5-7H2,1-4H3;6*1-2H3;2*1H4. The molecule has 10 bridgehead atoms. The summed E-state index contributed by atoms with van der Waals surface area (Å²) in [6.45, 7) is 82.4. The van der Waals surface area contributed by atoms with Crippen molar-refractivity contribution in [2.24, 2.45) is 172 Å². The maximum atomic E-state index is 2.49. The summed E-state index contributed by atoms with van der Waals surface area (Å²) < 4.78 is 0. The average Bonchev–Trinajstić information content (AvgIpc) is 0.923. The lowest BCUT2D eigenvalue weighted by atomic mass is 8.90. The van der Waals surface area contributed by atoms with Crippen LogP contribution in [0.2, 0.25) is 0 Å². The molecule has 0 nitrogen and oxygen atoms in total. The minimum absolute atomic E-state index is 0. The van der Waals surface area contributed by atoms with Crippen molar-refractivity contribution in [3.8, 4) is 0 Å². The summed E-state index contributed by atoms with van der Waals surface area (Å²) in [7, 11) is 0. The van der Waals surface area contributed by atoms with Gasteiger partial charge in [-0.3, -0.25) is 0 Å². The molecule has 0 spiro atoms. The van der Waals surface area contributed by atoms with Gasteiger partial charge in [0, 0.05) is 0 Å². The van der Waals surface area contributed by atoms with Crippen molar-refractivity contribution in [1.29, 1.82) is 0 Å². The molecule has 0 saturated heterocycles. The molecule has 0 aliphatic heterocycles. The molecule has 20 aliphatic rings. The van der Waals surface area contributed by atoms with Gasteiger partial charge in [-0.15, -0.1) is 0 Å². The van der Waals surface area contributed by atoms with Crippen LogP contribution in [-0.4, -0.2) is 0 Å². The first-order chi connectivity index (χ1) is 41.7. The first-order valence-corrected chi connectivity index (χ1v) is 41.7. The van der Waals surface area contributed by atoms with Crippen LogP contribution >= 0.6 is 0 Å². The second kappa shape index (κ2) is 32.1. The van der Waals surface area contributed by atoms with Crippen molar-refractivity contribution in [1.82, 2.24) is 0 Å². The molecule has 91 heavy (non-hydrogen) atoms. The Morgan fingerprint density at radius 2 is 0.297 bits per heavy atom. The third kappa shape index (κ3) is 13.2. The highest BCUT2D eigenvalue weighted by Crippen LogP contribution is 3.12. The molecule has 0 heterocycles. The topological polar surface area (TPSA) is 0 Å². The van der Waals surface area contributed by atoms with Crippen LogP contribution in [0.5, 0.6) is 0 Å². The SMILES string of the molecule is C.C.CC.CC.CC.CC.CC.CC.CC(C)C12C3C4C1C1C2C3C41C(C)C.CC(C)C12CC(C(C)C)(C1)C2.CC(C)C12CCC(C(C)C)(C1)C2.CC(C)C12CCC(C(C)C)(CC1)C2.CC(C)C12CCC(C(C)C)(CC1)CC2.CC(C)C12CCCC(C(C)C)(C1)C2. The van der Waals surface area contributed by atoms with Crippen molar-refractivity contribution in [2.45, 2.75) is 412 Å². The lowest BCUT2D eigenvalue weighted by Gasteiger charge is -3.13. The fraction of sp³-hybridized carbons (Fsp3) is 1.00. The minimum atomic E-state index is 0. The molecule has 0 heteroatoms. The summed E-state index contributed by atoms with van der Waals surface area (Å²) in [5.41, 5.74) is 9.57. The van der Waals surface area contributed by atoms with E-state index in [-0.39, 0.29) is 14.9 Å². The summed E-state index contributed by atoms with van der Waals surface area (Å²) >= 11 is 0. The Balaban J connectivity index is 0.000000359. The van der Waals surface area contributed by atoms with Crippen LogP contribution in [0.4, 0.5) is 0 Å². The summed E-state index contributed by atoms with van der Waals surface area (Å²) in [5, 5.41) is 0. The van der Waals surface area contributed by atoms with Gasteiger partial charge >= 0.3 is 0 Å². The smallest absolute Gasteiger partial charge is 0.0172 e. The van der Waals surface area contributed by atoms with E-state index in [9.17, 15) is 0 Å². The van der Waals surface area contributed by atoms with Gasteiger partial charge < -0.3 is 0 Å². The van der Waals surface area contributed by atoms with Gasteiger partial charge in [0.05, 0.1) is 0 Å². The lowest BCUT2D eigenvalue weighted by molar-refractivity contribution is -0.674. The summed E-state index contributed by atoms with van der Waals surface area (Å²) in [6, 6.07) is 0. The molecule has 0 aromatic carbocycles. The van der Waals surface area contributed by atoms with Gasteiger partial charge in [0.1, 0.15) is 0 Å². The van der Waals surface area contributed by atoms with Crippen molar-refractivity contribution in [3.63, 3.8) is 0 Å². The van der Waals surface area contributed by atoms with Gasteiger partial charge in [-0.25, -0.2) is 0 Å². The third-order valence-electron chi connectivity index (χ3n) is 33.7. The van der Waals surface area contributed by atoms with E-state index in [0.717, 1.165) is 136 Å². The van der Waals surface area contributed by atoms with Crippen molar-refractivity contribution in [2.75, 3.05) is 0 Å². The number of rotatable bonds is 12. The molecular formula is C91H180. The largest absolute Gasteiger partial charge is 0.0776 e. The Labute approximate surface area is 580 Å². The van der Waals surface area contributed by atoms with Gasteiger partial charge in [0.2, 0.25) is 0 Å². The molecule has 20 fully saturated rings. The monoisotopic (exact) mass is 1270 g/mol. The summed E-state index contributed by atoms with van der Waals surface area (Å²) in [5.74, 6) is 18.5. The summed E-state index contributed by atoms with van der Waals surface area (Å²) in [4.78, 5) is 0. The van der Waals surface area contributed by atoms with E-state index in [4.69, 9.17) is 0 Å². The Morgan fingerprint density at radius 3 is 0.440 bits per heavy atom. The van der Waals surface area contributed by atoms with Gasteiger partial charge in [-0.05, 0) is 313 Å². The molecule has 544 valence electrons. The zero-order chi connectivity index (χ0) is 68.7. The van der Waals surface area contributed by atoms with Gasteiger partial charge in [-0.2, -0.15) is 0 Å². The first kappa shape index (κ1) is 87.1. The zero-order valence-corrected chi connectivity index (χ0v) is 68.7. The fourth-order valence-electron chi connectivity index (χ4n) is 26.5. The summed E-state index contributed by atoms with van der Waals surface area (Å²) in [6.07, 6.45) is 35.0. The quantitative estimate of drug-likeness (QED) is 0.183. The van der Waals surface area contributed by atoms with Gasteiger partial charge in [0.25, 0.3) is 0 Å². The zero-order valence-electron chi connectivity index (χ0n) is 68.7. The Bertz CT molecular complexity index is 1830. The van der Waals surface area contributed by atoms with Crippen LogP contribution in [0.3, 0.4) is 0 Å². The highest BCUT2D eigenvalue weighted by molar-refractivity contribution is 5.55. The van der Waals surface area contributed by atoms with Crippen LogP contribution < -0.4 is 0 Å². The molecule has 0 aromatic heterocycles. The van der Waals surface area contributed by atoms with Crippen LogP contribution in [0, 0.1) is 172 Å². The maximum absolute atomic E-state index is 2.49. The second-order valence-electron chi connectivity index (χ2n) is 37.9. The average molecular weight is 1270 g/mol. The Kier molecular flexibility index (Phi) is 30.7. The van der Waals surface area contributed by atoms with E-state index in [2.05, 4.69) is 166 Å². The molecule has 20 rings (SSSR count). The van der Waals surface area contributed by atoms with Crippen LogP contribution in [0.1, 0.15) is 412 Å². The highest BCUT2D eigenvalue weighted by atomic mass is 15.1. The first-order valence-electron chi connectivity index (χ1n) is 41.7. The van der Waals surface area contributed by atoms with Gasteiger partial charge in [-0.1, -0.05) is 271 Å². The molecule has 0 unspecified atom stereocenters. The van der Waals surface area contributed by atoms with E-state index in [1.165, 1.54) is 183 Å². The molecule has 0 amide bonds. The van der Waals surface area contributed by atoms with E-state index < -0.39 is 0 Å². The predicted molar refractivity (Wildman–Crippen MR) is 416 cm³/mol. The van der Waals surface area contributed by atoms with Crippen molar-refractivity contribution < 1.29 is 0 Å². The van der Waals surface area contributed by atoms with Crippen LogP contribution in [0.25, 0.3) is 0 Å². The third-order valence-corrected chi connectivity index (χ3v) is 33.7. The normalized spacial score (nSPS) is 43.3. The molecule has 0 atom stereocenters. The minimum Gasteiger partial charge on any atom is -0.0776 e. The van der Waals surface area contributed by atoms with Crippen LogP contribution in [-0.2, 0) is 0 Å². The fourth-order valence-corrected chi connectivity index (χ4v) is 26.5. The van der Waals surface area contributed by atoms with Gasteiger partial charge in [0.15, 0.2) is 0 Å². The molecule has 20 aliphatic carbocycles. The highest BCUT2D eigenvalue weighted by Gasteiger charge is 3.09. The second-order valence-corrected chi connectivity index (χ2v) is 37.9. The Morgan fingerprint density at radius 1 is 0.165 bits per heavy atom. The van der Waals surface area contributed by atoms with Crippen molar-refractivity contribution in [3.05, 3.63) is 0 Å². The van der Waals surface area contributed by atoms with E-state index in [0.29, 0.717) is 0 Å². The van der Waals surface area contributed by atoms with Crippen molar-refractivity contribution >= 4 is 0 Å². The van der Waals surface area contributed by atoms with Crippen LogP contribution in [0.15, 0.2) is 0 Å². The number of hydrogen-bond donors (Lipinski definition) is 0. The molecule has 0 radical (unpaired) electrons. The lowest BCUT2D eigenvalue weighted by Crippen LogP contribution is -3.11. The molecule has 0 aromatic rings. The van der Waals surface area contributed by atoms with E-state index >= 15 is 0 Å². The van der Waals surface area contributed by atoms with E-state index in [1.54, 1.807) is 0 Å². The molecule has 0 N–H and O–H groups in total. The number of hydrogen-bond acceptors (Lipinski definition) is 0.